The first kappa shape index (κ1) is 21.4. The highest BCUT2D eigenvalue weighted by atomic mass is 32.2. The number of ketones is 1. The SMILES string of the molecule is O=C1C(S(=O)(=O)O)=CC2=CC(=S(=O)(O)O)C=CC2=C1N=Nc1ccc([N+](=O)[O-])cc1. The van der Waals surface area contributed by atoms with Crippen molar-refractivity contribution >= 4 is 42.2 Å². The van der Waals surface area contributed by atoms with E-state index in [9.17, 15) is 41.2 Å². The highest BCUT2D eigenvalue weighted by molar-refractivity contribution is 7.92. The molecule has 0 spiro atoms. The quantitative estimate of drug-likeness (QED) is 0.201. The molecule has 0 aliphatic heterocycles. The summed E-state index contributed by atoms with van der Waals surface area (Å²) in [5, 5.41) is 18.2. The second-order valence-corrected chi connectivity index (χ2v) is 8.74. The largest absolute Gasteiger partial charge is 0.298 e. The Labute approximate surface area is 169 Å². The number of benzene rings is 1. The average molecular weight is 453 g/mol. The molecule has 0 saturated carbocycles. The lowest BCUT2D eigenvalue weighted by Crippen LogP contribution is -2.21. The first-order valence-corrected chi connectivity index (χ1v) is 10.7. The van der Waals surface area contributed by atoms with Gasteiger partial charge in [-0.2, -0.15) is 13.5 Å². The number of nitro groups is 1. The van der Waals surface area contributed by atoms with Gasteiger partial charge in [-0.1, -0.05) is 6.08 Å². The standard InChI is InChI=1S/C16H11N3O9S2/c20-16-14(30(26,27)28)8-9-7-12(29(23,24)25)5-6-13(9)15(16)18-17-10-1-3-11(4-2-10)19(21)22/h1-8H,(H2,23,24,25)(H,26,27,28). The van der Waals surface area contributed by atoms with Crippen molar-refractivity contribution in [1.29, 1.82) is 0 Å². The number of hydrogen-bond acceptors (Lipinski definition) is 8. The number of azo groups is 1. The normalized spacial score (nSPS) is 17.2. The van der Waals surface area contributed by atoms with E-state index in [1.807, 2.05) is 0 Å². The molecule has 1 aromatic carbocycles. The van der Waals surface area contributed by atoms with Crippen LogP contribution in [0.3, 0.4) is 0 Å². The molecule has 0 heterocycles. The van der Waals surface area contributed by atoms with E-state index < -0.39 is 46.4 Å². The molecule has 2 aliphatic carbocycles. The minimum atomic E-state index is -4.98. The van der Waals surface area contributed by atoms with E-state index >= 15 is 0 Å². The van der Waals surface area contributed by atoms with Crippen molar-refractivity contribution in [2.75, 3.05) is 0 Å². The van der Waals surface area contributed by atoms with Gasteiger partial charge in [-0.3, -0.25) is 28.6 Å². The summed E-state index contributed by atoms with van der Waals surface area (Å²) in [4.78, 5) is 21.1. The number of fused-ring (bicyclic) bond motifs is 1. The maximum Gasteiger partial charge on any atom is 0.298 e. The Bertz CT molecular complexity index is 1350. The van der Waals surface area contributed by atoms with Gasteiger partial charge in [0, 0.05) is 17.7 Å². The van der Waals surface area contributed by atoms with Crippen molar-refractivity contribution < 1.29 is 36.0 Å². The molecule has 2 aliphatic rings. The van der Waals surface area contributed by atoms with Crippen LogP contribution in [0.25, 0.3) is 0 Å². The Hall–Kier alpha value is -3.30. The van der Waals surface area contributed by atoms with Crippen LogP contribution in [0.1, 0.15) is 0 Å². The fourth-order valence-electron chi connectivity index (χ4n) is 2.53. The summed E-state index contributed by atoms with van der Waals surface area (Å²) < 4.78 is 62.5. The number of carbonyl (C=O) groups excluding carboxylic acids is 1. The predicted molar refractivity (Wildman–Crippen MR) is 105 cm³/mol. The number of hydrogen-bond donors (Lipinski definition) is 3. The third-order valence-corrected chi connectivity index (χ3v) is 5.64. The fraction of sp³-hybridized carbons (Fsp3) is 0. The minimum absolute atomic E-state index is 0.0189. The number of allylic oxidation sites excluding steroid dienone is 7. The summed E-state index contributed by atoms with van der Waals surface area (Å²) in [6.45, 7) is 0. The lowest BCUT2D eigenvalue weighted by Gasteiger charge is -2.18. The van der Waals surface area contributed by atoms with E-state index in [0.29, 0.717) is 0 Å². The van der Waals surface area contributed by atoms with Gasteiger partial charge in [0.2, 0.25) is 15.9 Å². The number of nitrogens with zero attached hydrogens (tertiary/aromatic N) is 3. The number of carbonyl (C=O) groups is 1. The van der Waals surface area contributed by atoms with Gasteiger partial charge in [-0.25, -0.2) is 4.21 Å². The first-order chi connectivity index (χ1) is 13.9. The number of Topliss-reactive ketones (excluding diaryl/α,β-unsaturated/α-hetero) is 1. The highest BCUT2D eigenvalue weighted by Crippen LogP contribution is 2.33. The van der Waals surface area contributed by atoms with Crippen molar-refractivity contribution in [3.05, 3.63) is 80.4 Å². The van der Waals surface area contributed by atoms with Crippen molar-refractivity contribution in [2.24, 2.45) is 10.2 Å². The van der Waals surface area contributed by atoms with Crippen LogP contribution >= 0.6 is 0 Å². The molecule has 30 heavy (non-hydrogen) atoms. The van der Waals surface area contributed by atoms with Crippen molar-refractivity contribution in [3.8, 4) is 0 Å². The predicted octanol–water partition coefficient (Wildman–Crippen LogP) is 2.19. The van der Waals surface area contributed by atoms with Crippen LogP contribution in [0.4, 0.5) is 11.4 Å². The lowest BCUT2D eigenvalue weighted by atomic mass is 9.92. The average Bonchev–Trinajstić information content (AvgIpc) is 2.65. The summed E-state index contributed by atoms with van der Waals surface area (Å²) in [6, 6.07) is 4.77. The Morgan fingerprint density at radius 3 is 2.10 bits per heavy atom. The van der Waals surface area contributed by atoms with E-state index in [1.165, 1.54) is 12.1 Å². The Kier molecular flexibility index (Phi) is 5.36. The maximum atomic E-state index is 12.5. The molecule has 0 atom stereocenters. The first-order valence-electron chi connectivity index (χ1n) is 7.78. The third kappa shape index (κ3) is 4.32. The molecular weight excluding hydrogens is 442 g/mol. The molecule has 0 unspecified atom stereocenters. The molecule has 156 valence electrons. The van der Waals surface area contributed by atoms with E-state index in [1.54, 1.807) is 0 Å². The van der Waals surface area contributed by atoms with E-state index in [-0.39, 0.29) is 22.5 Å². The second kappa shape index (κ2) is 7.51. The molecule has 0 saturated heterocycles. The maximum absolute atomic E-state index is 12.5. The van der Waals surface area contributed by atoms with Gasteiger partial charge in [0.25, 0.3) is 15.8 Å². The zero-order valence-electron chi connectivity index (χ0n) is 14.6. The van der Waals surface area contributed by atoms with E-state index in [4.69, 9.17) is 0 Å². The Balaban J connectivity index is 2.13. The monoisotopic (exact) mass is 453 g/mol. The molecule has 0 aromatic heterocycles. The number of non-ortho nitro benzene ring substituents is 1. The molecular formula is C16H11N3O9S2. The van der Waals surface area contributed by atoms with Gasteiger partial charge in [-0.15, -0.1) is 5.11 Å². The topological polar surface area (TPSA) is 197 Å². The van der Waals surface area contributed by atoms with Crippen LogP contribution in [-0.4, -0.2) is 41.9 Å². The second-order valence-electron chi connectivity index (χ2n) is 5.88. The number of rotatable bonds is 4. The molecule has 3 rings (SSSR count). The van der Waals surface area contributed by atoms with Crippen LogP contribution in [-0.2, 0) is 25.0 Å². The summed E-state index contributed by atoms with van der Waals surface area (Å²) in [7, 11) is -9.36. The van der Waals surface area contributed by atoms with Gasteiger partial charge in [0.1, 0.15) is 10.6 Å². The molecule has 0 bridgehead atoms. The van der Waals surface area contributed by atoms with Crippen molar-refractivity contribution in [3.63, 3.8) is 0 Å². The number of nitro benzene ring substituents is 1. The van der Waals surface area contributed by atoms with Gasteiger partial charge in [-0.05, 0) is 35.9 Å². The van der Waals surface area contributed by atoms with Crippen molar-refractivity contribution in [2.45, 2.75) is 0 Å². The molecule has 1 aromatic rings. The van der Waals surface area contributed by atoms with Gasteiger partial charge in [0.05, 0.1) is 15.5 Å². The molecule has 3 N–H and O–H groups in total. The third-order valence-electron chi connectivity index (χ3n) is 3.91. The van der Waals surface area contributed by atoms with Crippen LogP contribution in [0, 0.1) is 10.1 Å². The van der Waals surface area contributed by atoms with Gasteiger partial charge < -0.3 is 0 Å². The zero-order valence-corrected chi connectivity index (χ0v) is 16.2. The minimum Gasteiger partial charge on any atom is -0.293 e. The lowest BCUT2D eigenvalue weighted by molar-refractivity contribution is -0.384. The van der Waals surface area contributed by atoms with Crippen molar-refractivity contribution in [1.82, 2.24) is 0 Å². The van der Waals surface area contributed by atoms with Crippen LogP contribution in [0.15, 0.2) is 80.5 Å². The summed E-state index contributed by atoms with van der Waals surface area (Å²) >= 11 is 0. The smallest absolute Gasteiger partial charge is 0.293 e. The van der Waals surface area contributed by atoms with Gasteiger partial charge in [0.15, 0.2) is 0 Å². The summed E-state index contributed by atoms with van der Waals surface area (Å²) in [5.74, 6) is -1.18. The van der Waals surface area contributed by atoms with E-state index in [2.05, 4.69) is 10.2 Å². The summed E-state index contributed by atoms with van der Waals surface area (Å²) in [6.07, 6.45) is 3.90. The van der Waals surface area contributed by atoms with Crippen LogP contribution < -0.4 is 0 Å². The molecule has 0 fully saturated rings. The van der Waals surface area contributed by atoms with Crippen LogP contribution in [0.2, 0.25) is 0 Å². The molecule has 14 heteroatoms. The highest BCUT2D eigenvalue weighted by Gasteiger charge is 2.34. The van der Waals surface area contributed by atoms with E-state index in [0.717, 1.165) is 36.4 Å². The fourth-order valence-corrected chi connectivity index (χ4v) is 3.66. The van der Waals surface area contributed by atoms with Crippen LogP contribution in [0.5, 0.6) is 0 Å². The van der Waals surface area contributed by atoms with Gasteiger partial charge >= 0.3 is 0 Å². The summed E-state index contributed by atoms with van der Waals surface area (Å²) in [5.41, 5.74) is -0.678. The molecule has 0 radical (unpaired) electrons. The Morgan fingerprint density at radius 2 is 1.57 bits per heavy atom. The zero-order chi connectivity index (χ0) is 22.3. The Morgan fingerprint density at radius 1 is 0.933 bits per heavy atom. The molecule has 12 nitrogen and oxygen atoms in total. The molecule has 0 amide bonds.